The maximum absolute atomic E-state index is 12.1. The predicted molar refractivity (Wildman–Crippen MR) is 93.9 cm³/mol. The summed E-state index contributed by atoms with van der Waals surface area (Å²) in [5.74, 6) is 2.98. The Morgan fingerprint density at radius 1 is 1.25 bits per heavy atom. The van der Waals surface area contributed by atoms with E-state index in [1.807, 2.05) is 11.8 Å². The lowest BCUT2D eigenvalue weighted by atomic mass is 10.0. The van der Waals surface area contributed by atoms with Crippen molar-refractivity contribution in [3.63, 3.8) is 0 Å². The molecule has 6 nitrogen and oxygen atoms in total. The molecule has 126 valence electrons. The first-order valence-corrected chi connectivity index (χ1v) is 9.48. The molecule has 4 rings (SSSR count). The second-order valence-corrected chi connectivity index (χ2v) is 7.47. The molecule has 2 aliphatic heterocycles. The summed E-state index contributed by atoms with van der Waals surface area (Å²) in [5, 5.41) is 14.5. The Hall–Kier alpha value is -2.02. The fourth-order valence-electron chi connectivity index (χ4n) is 3.39. The summed E-state index contributed by atoms with van der Waals surface area (Å²) in [6.45, 7) is 2.02. The Morgan fingerprint density at radius 3 is 3.12 bits per heavy atom. The van der Waals surface area contributed by atoms with E-state index in [-0.39, 0.29) is 6.03 Å². The van der Waals surface area contributed by atoms with Crippen LogP contribution in [0.15, 0.2) is 24.3 Å². The Bertz CT molecular complexity index is 744. The number of hydrogen-bond donors (Lipinski definition) is 2. The minimum atomic E-state index is -0.144. The van der Waals surface area contributed by atoms with Gasteiger partial charge in [-0.15, -0.1) is 10.2 Å². The molecule has 3 heterocycles. The van der Waals surface area contributed by atoms with Crippen molar-refractivity contribution in [1.29, 1.82) is 0 Å². The number of nitrogens with one attached hydrogen (secondary N) is 2. The fraction of sp³-hybridized carbons (Fsp3) is 0.471. The van der Waals surface area contributed by atoms with Gasteiger partial charge in [0.1, 0.15) is 5.82 Å². The number of benzene rings is 1. The number of amides is 2. The van der Waals surface area contributed by atoms with E-state index >= 15 is 0 Å². The number of aromatic nitrogens is 3. The highest BCUT2D eigenvalue weighted by Gasteiger charge is 2.21. The predicted octanol–water partition coefficient (Wildman–Crippen LogP) is 2.05. The van der Waals surface area contributed by atoms with Crippen molar-refractivity contribution in [1.82, 2.24) is 25.4 Å². The van der Waals surface area contributed by atoms with Crippen molar-refractivity contribution in [2.24, 2.45) is 0 Å². The zero-order valence-electron chi connectivity index (χ0n) is 13.5. The topological polar surface area (TPSA) is 71.8 Å². The third-order valence-corrected chi connectivity index (χ3v) is 5.90. The van der Waals surface area contributed by atoms with E-state index in [1.54, 1.807) is 0 Å². The van der Waals surface area contributed by atoms with Crippen LogP contribution in [0.25, 0.3) is 0 Å². The van der Waals surface area contributed by atoms with Crippen molar-refractivity contribution < 1.29 is 4.79 Å². The van der Waals surface area contributed by atoms with Crippen molar-refractivity contribution in [3.8, 4) is 0 Å². The van der Waals surface area contributed by atoms with Crippen molar-refractivity contribution in [2.75, 3.05) is 12.3 Å². The van der Waals surface area contributed by atoms with Crippen molar-refractivity contribution in [2.45, 2.75) is 37.6 Å². The van der Waals surface area contributed by atoms with Crippen LogP contribution in [0, 0.1) is 0 Å². The maximum atomic E-state index is 12.1. The lowest BCUT2D eigenvalue weighted by Crippen LogP contribution is -2.38. The van der Waals surface area contributed by atoms with Gasteiger partial charge in [0.25, 0.3) is 0 Å². The molecule has 24 heavy (non-hydrogen) atoms. The van der Waals surface area contributed by atoms with Crippen molar-refractivity contribution in [3.05, 3.63) is 47.0 Å². The molecule has 2 amide bonds. The van der Waals surface area contributed by atoms with Crippen molar-refractivity contribution >= 4 is 17.8 Å². The highest BCUT2D eigenvalue weighted by Crippen LogP contribution is 2.35. The lowest BCUT2D eigenvalue weighted by molar-refractivity contribution is 0.240. The van der Waals surface area contributed by atoms with Crippen LogP contribution in [0.3, 0.4) is 0 Å². The van der Waals surface area contributed by atoms with Crippen LogP contribution in [0.1, 0.15) is 34.4 Å². The monoisotopic (exact) mass is 343 g/mol. The van der Waals surface area contributed by atoms with Crippen LogP contribution >= 0.6 is 11.8 Å². The minimum absolute atomic E-state index is 0.144. The Balaban J connectivity index is 1.30. The number of carbonyl (C=O) groups is 1. The van der Waals surface area contributed by atoms with Crippen LogP contribution in [-0.2, 0) is 25.9 Å². The summed E-state index contributed by atoms with van der Waals surface area (Å²) < 4.78 is 2.10. The molecule has 0 fully saturated rings. The zero-order chi connectivity index (χ0) is 16.4. The first-order chi connectivity index (χ1) is 11.8. The molecule has 0 unspecified atom stereocenters. The van der Waals surface area contributed by atoms with Gasteiger partial charge < -0.3 is 15.2 Å². The second-order valence-electron chi connectivity index (χ2n) is 6.16. The molecule has 0 aliphatic carbocycles. The first-order valence-electron chi connectivity index (χ1n) is 8.43. The summed E-state index contributed by atoms with van der Waals surface area (Å²) in [6, 6.07) is 8.38. The Labute approximate surface area is 145 Å². The molecule has 0 bridgehead atoms. The summed E-state index contributed by atoms with van der Waals surface area (Å²) >= 11 is 1.91. The molecule has 0 saturated carbocycles. The van der Waals surface area contributed by atoms with Crippen LogP contribution < -0.4 is 10.6 Å². The molecule has 2 aromatic rings. The van der Waals surface area contributed by atoms with Crippen LogP contribution in [-0.4, -0.2) is 33.1 Å². The largest absolute Gasteiger partial charge is 0.337 e. The van der Waals surface area contributed by atoms with Gasteiger partial charge in [0.05, 0.1) is 6.54 Å². The number of hydrogen-bond acceptors (Lipinski definition) is 4. The average Bonchev–Trinajstić information content (AvgIpc) is 3.22. The van der Waals surface area contributed by atoms with E-state index in [4.69, 9.17) is 0 Å². The number of aryl methyl sites for hydroxylation is 2. The van der Waals surface area contributed by atoms with Crippen LogP contribution in [0.4, 0.5) is 4.79 Å². The van der Waals surface area contributed by atoms with Gasteiger partial charge in [-0.2, -0.15) is 11.8 Å². The van der Waals surface area contributed by atoms with Gasteiger partial charge in [0.2, 0.25) is 0 Å². The van der Waals surface area contributed by atoms with E-state index in [2.05, 4.69) is 49.7 Å². The molecular weight excluding hydrogens is 322 g/mol. The molecule has 1 atom stereocenters. The van der Waals surface area contributed by atoms with E-state index in [9.17, 15) is 4.79 Å². The van der Waals surface area contributed by atoms with Gasteiger partial charge in [0, 0.05) is 24.8 Å². The molecule has 0 spiro atoms. The quantitative estimate of drug-likeness (QED) is 0.891. The summed E-state index contributed by atoms with van der Waals surface area (Å²) in [6.07, 6.45) is 3.21. The smallest absolute Gasteiger partial charge is 0.315 e. The molecule has 7 heteroatoms. The summed E-state index contributed by atoms with van der Waals surface area (Å²) in [5.41, 5.74) is 2.76. The number of rotatable bonds is 4. The molecule has 2 aliphatic rings. The van der Waals surface area contributed by atoms with E-state index < -0.39 is 0 Å². The third kappa shape index (κ3) is 3.13. The van der Waals surface area contributed by atoms with E-state index in [1.165, 1.54) is 11.1 Å². The molecule has 2 N–H and O–H groups in total. The summed E-state index contributed by atoms with van der Waals surface area (Å²) in [7, 11) is 0. The molecular formula is C17H21N5OS. The standard InChI is InChI=1S/C17H21N5OS/c23-17(19-11-16-21-20-15-6-3-8-22(15)16)18-10-14-13-5-2-1-4-12(13)7-9-24-14/h1-2,4-5,14H,3,6-11H2,(H2,18,19,23)/t14-/m1/s1. The van der Waals surface area contributed by atoms with E-state index in [0.29, 0.717) is 18.3 Å². The number of carbonyl (C=O) groups excluding carboxylic acids is 1. The van der Waals surface area contributed by atoms with Gasteiger partial charge >= 0.3 is 6.03 Å². The number of fused-ring (bicyclic) bond motifs is 2. The second kappa shape index (κ2) is 6.84. The van der Waals surface area contributed by atoms with Crippen LogP contribution in [0.2, 0.25) is 0 Å². The molecule has 0 saturated heterocycles. The van der Waals surface area contributed by atoms with Gasteiger partial charge in [-0.3, -0.25) is 0 Å². The summed E-state index contributed by atoms with van der Waals surface area (Å²) in [4.78, 5) is 12.1. The molecule has 1 aromatic heterocycles. The zero-order valence-corrected chi connectivity index (χ0v) is 14.3. The third-order valence-electron chi connectivity index (χ3n) is 4.63. The normalized spacial score (nSPS) is 18.8. The number of nitrogens with zero attached hydrogens (tertiary/aromatic N) is 3. The maximum Gasteiger partial charge on any atom is 0.315 e. The minimum Gasteiger partial charge on any atom is -0.337 e. The van der Waals surface area contributed by atoms with E-state index in [0.717, 1.165) is 43.2 Å². The number of urea groups is 1. The van der Waals surface area contributed by atoms with Gasteiger partial charge in [-0.05, 0) is 29.7 Å². The first kappa shape index (κ1) is 15.5. The Morgan fingerprint density at radius 2 is 2.17 bits per heavy atom. The molecule has 0 radical (unpaired) electrons. The highest BCUT2D eigenvalue weighted by molar-refractivity contribution is 7.99. The van der Waals surface area contributed by atoms with Gasteiger partial charge in [-0.1, -0.05) is 24.3 Å². The lowest BCUT2D eigenvalue weighted by Gasteiger charge is -2.25. The highest BCUT2D eigenvalue weighted by atomic mass is 32.2. The Kier molecular flexibility index (Phi) is 4.42. The molecule has 1 aromatic carbocycles. The average molecular weight is 343 g/mol. The van der Waals surface area contributed by atoms with Gasteiger partial charge in [0.15, 0.2) is 5.82 Å². The number of thioether (sulfide) groups is 1. The van der Waals surface area contributed by atoms with Crippen LogP contribution in [0.5, 0.6) is 0 Å². The van der Waals surface area contributed by atoms with Gasteiger partial charge in [-0.25, -0.2) is 4.79 Å². The fourth-order valence-corrected chi connectivity index (χ4v) is 4.63. The SMILES string of the molecule is O=C(NCc1nnc2n1CCC2)NC[C@H]1SCCc2ccccc21.